The Kier molecular flexibility index (Phi) is 2.86. The zero-order chi connectivity index (χ0) is 12.5. The van der Waals surface area contributed by atoms with Crippen molar-refractivity contribution >= 4 is 31.9 Å². The molecule has 0 fully saturated rings. The van der Waals surface area contributed by atoms with Crippen molar-refractivity contribution in [2.75, 3.05) is 0 Å². The number of hydrogen-bond acceptors (Lipinski definition) is 3. The fourth-order valence-electron chi connectivity index (χ4n) is 2.02. The topological polar surface area (TPSA) is 43.6 Å². The van der Waals surface area contributed by atoms with E-state index in [1.807, 2.05) is 23.0 Å². The highest BCUT2D eigenvalue weighted by molar-refractivity contribution is 6.32. The van der Waals surface area contributed by atoms with Gasteiger partial charge in [0.1, 0.15) is 5.52 Å². The van der Waals surface area contributed by atoms with E-state index in [2.05, 4.69) is 50.5 Å². The fourth-order valence-corrected chi connectivity index (χ4v) is 2.31. The van der Waals surface area contributed by atoms with Crippen LogP contribution < -0.4 is 4.43 Å². The number of imidazole rings is 1. The molecule has 0 saturated carbocycles. The molecule has 0 atom stereocenters. The van der Waals surface area contributed by atoms with Gasteiger partial charge in [0.2, 0.25) is 0 Å². The van der Waals surface area contributed by atoms with Crippen LogP contribution in [0.3, 0.4) is 0 Å². The summed E-state index contributed by atoms with van der Waals surface area (Å²) in [6, 6.07) is 8.24. The van der Waals surface area contributed by atoms with E-state index in [4.69, 9.17) is 0 Å². The number of nitrogens with zero attached hydrogens (tertiary/aromatic N) is 4. The summed E-state index contributed by atoms with van der Waals surface area (Å²) >= 11 is 2.70. The van der Waals surface area contributed by atoms with E-state index in [1.54, 1.807) is 6.20 Å². The van der Waals surface area contributed by atoms with E-state index in [0.717, 1.165) is 33.3 Å². The first-order chi connectivity index (χ1) is 8.79. The number of aromatic nitrogens is 4. The van der Waals surface area contributed by atoms with Crippen molar-refractivity contribution in [2.45, 2.75) is 13.5 Å². The van der Waals surface area contributed by atoms with Crippen molar-refractivity contribution in [3.63, 3.8) is 0 Å². The number of hydrogen-bond donors (Lipinski definition) is 0. The quantitative estimate of drug-likeness (QED) is 0.644. The SMILES string of the molecule is CCn1cnc2c(-c3ccc[c]([Al])c3)cnnc21. The lowest BCUT2D eigenvalue weighted by Crippen LogP contribution is -2.01. The van der Waals surface area contributed by atoms with Crippen LogP contribution in [0.5, 0.6) is 0 Å². The van der Waals surface area contributed by atoms with Gasteiger partial charge in [-0.15, -0.1) is 9.52 Å². The molecular formula is C13H11AlN4. The Hall–Kier alpha value is -1.70. The molecule has 5 heteroatoms. The minimum atomic E-state index is 0.837. The molecule has 0 spiro atoms. The van der Waals surface area contributed by atoms with E-state index < -0.39 is 0 Å². The van der Waals surface area contributed by atoms with Crippen molar-refractivity contribution in [1.82, 2.24) is 19.7 Å². The molecule has 0 saturated heterocycles. The molecule has 2 radical (unpaired) electrons. The summed E-state index contributed by atoms with van der Waals surface area (Å²) in [7, 11) is 0. The zero-order valence-electron chi connectivity index (χ0n) is 10.0. The molecule has 2 heterocycles. The largest absolute Gasteiger partial charge is 0.314 e. The van der Waals surface area contributed by atoms with Crippen molar-refractivity contribution in [3.8, 4) is 11.1 Å². The molecule has 0 aliphatic carbocycles. The highest BCUT2D eigenvalue weighted by Gasteiger charge is 2.10. The van der Waals surface area contributed by atoms with Gasteiger partial charge in [-0.25, -0.2) is 4.98 Å². The Morgan fingerprint density at radius 2 is 2.22 bits per heavy atom. The number of benzene rings is 1. The monoisotopic (exact) mass is 250 g/mol. The molecule has 0 aliphatic heterocycles. The van der Waals surface area contributed by atoms with Crippen LogP contribution >= 0.6 is 0 Å². The normalized spacial score (nSPS) is 10.9. The van der Waals surface area contributed by atoms with Crippen molar-refractivity contribution in [2.24, 2.45) is 0 Å². The second kappa shape index (κ2) is 4.52. The minimum Gasteiger partial charge on any atom is -0.314 e. The summed E-state index contributed by atoms with van der Waals surface area (Å²) in [5.41, 5.74) is 3.88. The lowest BCUT2D eigenvalue weighted by Gasteiger charge is -2.04. The lowest BCUT2D eigenvalue weighted by atomic mass is 10.1. The summed E-state index contributed by atoms with van der Waals surface area (Å²) in [5.74, 6) is 0. The van der Waals surface area contributed by atoms with Gasteiger partial charge < -0.3 is 4.57 Å². The van der Waals surface area contributed by atoms with Crippen molar-refractivity contribution in [1.29, 1.82) is 0 Å². The average molecular weight is 250 g/mol. The van der Waals surface area contributed by atoms with Gasteiger partial charge in [-0.05, 0) is 12.5 Å². The van der Waals surface area contributed by atoms with Crippen LogP contribution in [0.25, 0.3) is 22.3 Å². The summed E-state index contributed by atoms with van der Waals surface area (Å²) in [6.45, 7) is 2.91. The third-order valence-electron chi connectivity index (χ3n) is 2.94. The Bertz CT molecular complexity index is 705. The Morgan fingerprint density at radius 1 is 1.33 bits per heavy atom. The van der Waals surface area contributed by atoms with E-state index in [-0.39, 0.29) is 0 Å². The molecule has 4 nitrogen and oxygen atoms in total. The highest BCUT2D eigenvalue weighted by Crippen LogP contribution is 2.24. The summed E-state index contributed by atoms with van der Waals surface area (Å²) < 4.78 is 3.14. The van der Waals surface area contributed by atoms with Gasteiger partial charge in [0.15, 0.2) is 21.9 Å². The van der Waals surface area contributed by atoms with Gasteiger partial charge in [0, 0.05) is 12.1 Å². The minimum absolute atomic E-state index is 0.837. The van der Waals surface area contributed by atoms with Crippen LogP contribution in [0.2, 0.25) is 0 Å². The van der Waals surface area contributed by atoms with E-state index in [9.17, 15) is 0 Å². The summed E-state index contributed by atoms with van der Waals surface area (Å²) in [4.78, 5) is 4.45. The number of fused-ring (bicyclic) bond motifs is 1. The molecule has 18 heavy (non-hydrogen) atoms. The summed E-state index contributed by atoms with van der Waals surface area (Å²) in [5, 5.41) is 8.25. The lowest BCUT2D eigenvalue weighted by molar-refractivity contribution is 0.771. The third kappa shape index (κ3) is 1.82. The molecule has 86 valence electrons. The van der Waals surface area contributed by atoms with Crippen LogP contribution in [0.1, 0.15) is 6.92 Å². The van der Waals surface area contributed by atoms with Crippen molar-refractivity contribution in [3.05, 3.63) is 36.8 Å². The van der Waals surface area contributed by atoms with E-state index in [1.165, 1.54) is 0 Å². The molecule has 0 bridgehead atoms. The van der Waals surface area contributed by atoms with E-state index in [0.29, 0.717) is 0 Å². The van der Waals surface area contributed by atoms with E-state index >= 15 is 0 Å². The van der Waals surface area contributed by atoms with Crippen LogP contribution in [0.4, 0.5) is 0 Å². The second-order valence-electron chi connectivity index (χ2n) is 4.09. The van der Waals surface area contributed by atoms with Crippen LogP contribution in [0, 0.1) is 0 Å². The van der Waals surface area contributed by atoms with Gasteiger partial charge in [-0.2, -0.15) is 5.10 Å². The maximum atomic E-state index is 4.45. The van der Waals surface area contributed by atoms with Crippen molar-refractivity contribution < 1.29 is 0 Å². The van der Waals surface area contributed by atoms with Gasteiger partial charge in [-0.3, -0.25) is 0 Å². The number of rotatable bonds is 2. The van der Waals surface area contributed by atoms with Crippen LogP contribution in [0.15, 0.2) is 36.8 Å². The smallest absolute Gasteiger partial charge is 0.183 e. The Balaban J connectivity index is 2.26. The summed E-state index contributed by atoms with van der Waals surface area (Å²) in [6.07, 6.45) is 3.59. The Labute approximate surface area is 113 Å². The molecule has 3 rings (SSSR count). The van der Waals surface area contributed by atoms with Crippen LogP contribution in [-0.2, 0) is 6.54 Å². The first-order valence-corrected chi connectivity index (χ1v) is 6.39. The first-order valence-electron chi connectivity index (χ1n) is 5.82. The molecule has 0 amide bonds. The van der Waals surface area contributed by atoms with Gasteiger partial charge in [0.05, 0.1) is 12.5 Å². The van der Waals surface area contributed by atoms with Crippen LogP contribution in [-0.4, -0.2) is 36.0 Å². The molecule has 0 unspecified atom stereocenters. The molecule has 3 aromatic rings. The molecule has 2 aromatic heterocycles. The van der Waals surface area contributed by atoms with Gasteiger partial charge in [-0.1, -0.05) is 24.3 Å². The number of aryl methyl sites for hydroxylation is 1. The third-order valence-corrected chi connectivity index (χ3v) is 3.30. The standard InChI is InChI=1S/C13H11N4.Al/c1-2-17-9-14-12-11(8-15-16-13(12)17)10-6-4-3-5-7-10;/h3-4,6-9H,2H2,1H3;. The predicted octanol–water partition coefficient (Wildman–Crippen LogP) is 1.31. The maximum Gasteiger partial charge on any atom is 0.183 e. The molecular weight excluding hydrogens is 239 g/mol. The molecule has 1 aromatic carbocycles. The second-order valence-corrected chi connectivity index (χ2v) is 4.75. The Morgan fingerprint density at radius 3 is 3.00 bits per heavy atom. The first kappa shape index (κ1) is 11.4. The van der Waals surface area contributed by atoms with Gasteiger partial charge in [0.25, 0.3) is 0 Å². The predicted molar refractivity (Wildman–Crippen MR) is 71.8 cm³/mol. The molecule has 0 aliphatic rings. The van der Waals surface area contributed by atoms with Gasteiger partial charge >= 0.3 is 0 Å². The molecule has 0 N–H and O–H groups in total. The zero-order valence-corrected chi connectivity index (χ0v) is 11.2. The average Bonchev–Trinajstić information content (AvgIpc) is 2.81. The highest BCUT2D eigenvalue weighted by atomic mass is 27.0. The maximum absolute atomic E-state index is 4.45. The fraction of sp³-hybridized carbons (Fsp3) is 0.154.